The fourth-order valence-corrected chi connectivity index (χ4v) is 8.34. The summed E-state index contributed by atoms with van der Waals surface area (Å²) in [4.78, 5) is 12.3. The first-order valence-corrected chi connectivity index (χ1v) is 11.0. The Morgan fingerprint density at radius 3 is 2.52 bits per heavy atom. The molecule has 1 N–H and O–H groups in total. The quantitative estimate of drug-likeness (QED) is 0.729. The summed E-state index contributed by atoms with van der Waals surface area (Å²) in [5, 5.41) is 11.5. The molecule has 0 saturated heterocycles. The van der Waals surface area contributed by atoms with E-state index in [1.807, 2.05) is 0 Å². The maximum absolute atomic E-state index is 12.3. The standard InChI is InChI=1S/C23H38O2/c1-5-10-23(25)12-9-19-17-7-6-16-13-20(24)15(2)14-21(16,3)18(17)8-11-22(19,23)4/h15-19,25H,5-14H2,1-4H3/t15-,16+,17+,18-,19+,21+,22+,23+/m1/s1. The van der Waals surface area contributed by atoms with E-state index >= 15 is 0 Å². The number of aliphatic hydroxyl groups is 1. The number of ketones is 1. The van der Waals surface area contributed by atoms with Crippen LogP contribution >= 0.6 is 0 Å². The monoisotopic (exact) mass is 346 g/mol. The molecule has 4 fully saturated rings. The van der Waals surface area contributed by atoms with Crippen molar-refractivity contribution in [3.8, 4) is 0 Å². The van der Waals surface area contributed by atoms with Crippen LogP contribution in [0.15, 0.2) is 0 Å². The lowest BCUT2D eigenvalue weighted by atomic mass is 9.43. The number of hydrogen-bond donors (Lipinski definition) is 1. The molecule has 0 aliphatic heterocycles. The van der Waals surface area contributed by atoms with Gasteiger partial charge in [-0.3, -0.25) is 4.79 Å². The zero-order chi connectivity index (χ0) is 18.0. The van der Waals surface area contributed by atoms with Crippen molar-refractivity contribution in [3.63, 3.8) is 0 Å². The van der Waals surface area contributed by atoms with Crippen LogP contribution in [0, 0.1) is 40.4 Å². The molecule has 2 heteroatoms. The fourth-order valence-electron chi connectivity index (χ4n) is 8.34. The Kier molecular flexibility index (Phi) is 4.19. The molecule has 4 aliphatic rings. The number of rotatable bonds is 2. The lowest BCUT2D eigenvalue weighted by Crippen LogP contribution is -2.57. The molecule has 0 unspecified atom stereocenters. The van der Waals surface area contributed by atoms with E-state index in [0.717, 1.165) is 43.9 Å². The van der Waals surface area contributed by atoms with Gasteiger partial charge < -0.3 is 5.11 Å². The number of Topliss-reactive ketones (excluding diaryl/α,β-unsaturated/α-hetero) is 1. The summed E-state index contributed by atoms with van der Waals surface area (Å²) in [5.41, 5.74) is 0.0669. The SMILES string of the molecule is CCC[C@]1(O)CC[C@H]2[C@H]3CC[C@H]4CC(=O)[C@H](C)C[C@]4(C)[C@@H]3CC[C@@]21C. The van der Waals surface area contributed by atoms with Crippen LogP contribution in [0.25, 0.3) is 0 Å². The Labute approximate surface area is 154 Å². The van der Waals surface area contributed by atoms with Gasteiger partial charge in [0.1, 0.15) is 5.78 Å². The fraction of sp³-hybridized carbons (Fsp3) is 0.957. The van der Waals surface area contributed by atoms with Crippen molar-refractivity contribution < 1.29 is 9.90 Å². The second kappa shape index (κ2) is 5.81. The molecule has 0 aromatic rings. The van der Waals surface area contributed by atoms with Gasteiger partial charge in [0.25, 0.3) is 0 Å². The predicted octanol–water partition coefficient (Wildman–Crippen LogP) is 5.38. The molecule has 4 rings (SSSR count). The average molecular weight is 347 g/mol. The van der Waals surface area contributed by atoms with E-state index in [1.54, 1.807) is 0 Å². The topological polar surface area (TPSA) is 37.3 Å². The third-order valence-electron chi connectivity index (χ3n) is 9.79. The van der Waals surface area contributed by atoms with Crippen molar-refractivity contribution in [2.45, 2.75) is 97.5 Å². The van der Waals surface area contributed by atoms with Crippen LogP contribution in [0.4, 0.5) is 0 Å². The molecule has 4 saturated carbocycles. The summed E-state index contributed by atoms with van der Waals surface area (Å²) in [5.74, 6) is 3.66. The Morgan fingerprint density at radius 2 is 1.80 bits per heavy atom. The summed E-state index contributed by atoms with van der Waals surface area (Å²) in [7, 11) is 0. The van der Waals surface area contributed by atoms with E-state index in [0.29, 0.717) is 23.0 Å². The minimum absolute atomic E-state index is 0.128. The van der Waals surface area contributed by atoms with Crippen LogP contribution < -0.4 is 0 Å². The highest BCUT2D eigenvalue weighted by atomic mass is 16.3. The lowest BCUT2D eigenvalue weighted by Gasteiger charge is -2.61. The van der Waals surface area contributed by atoms with Crippen LogP contribution in [0.2, 0.25) is 0 Å². The van der Waals surface area contributed by atoms with Gasteiger partial charge >= 0.3 is 0 Å². The third kappa shape index (κ3) is 2.35. The Morgan fingerprint density at radius 1 is 1.08 bits per heavy atom. The van der Waals surface area contributed by atoms with Gasteiger partial charge in [-0.05, 0) is 85.9 Å². The molecule has 0 spiro atoms. The first kappa shape index (κ1) is 18.0. The summed E-state index contributed by atoms with van der Waals surface area (Å²) in [6, 6.07) is 0. The number of carbonyl (C=O) groups is 1. The van der Waals surface area contributed by atoms with Gasteiger partial charge in [-0.2, -0.15) is 0 Å². The highest BCUT2D eigenvalue weighted by Crippen LogP contribution is 2.68. The van der Waals surface area contributed by atoms with Crippen LogP contribution in [-0.4, -0.2) is 16.5 Å². The van der Waals surface area contributed by atoms with Crippen molar-refractivity contribution in [2.75, 3.05) is 0 Å². The minimum Gasteiger partial charge on any atom is -0.389 e. The smallest absolute Gasteiger partial charge is 0.136 e. The maximum atomic E-state index is 12.3. The Balaban J connectivity index is 1.63. The molecule has 0 aromatic heterocycles. The molecular formula is C23H38O2. The van der Waals surface area contributed by atoms with Crippen LogP contribution in [-0.2, 0) is 4.79 Å². The highest BCUT2D eigenvalue weighted by molar-refractivity contribution is 5.82. The summed E-state index contributed by atoms with van der Waals surface area (Å²) in [6.45, 7) is 9.31. The molecule has 142 valence electrons. The molecule has 0 aromatic carbocycles. The third-order valence-corrected chi connectivity index (χ3v) is 9.79. The molecule has 25 heavy (non-hydrogen) atoms. The van der Waals surface area contributed by atoms with Crippen molar-refractivity contribution in [2.24, 2.45) is 40.4 Å². The van der Waals surface area contributed by atoms with Gasteiger partial charge in [0.15, 0.2) is 0 Å². The molecule has 8 atom stereocenters. The van der Waals surface area contributed by atoms with Crippen molar-refractivity contribution in [1.82, 2.24) is 0 Å². The molecule has 0 heterocycles. The molecule has 4 aliphatic carbocycles. The Hall–Kier alpha value is -0.370. The van der Waals surface area contributed by atoms with E-state index in [2.05, 4.69) is 27.7 Å². The normalized spacial score (nSPS) is 55.4. The van der Waals surface area contributed by atoms with Gasteiger partial charge in [0.05, 0.1) is 5.60 Å². The number of carbonyl (C=O) groups excluding carboxylic acids is 1. The second-order valence-electron chi connectivity index (χ2n) is 10.7. The summed E-state index contributed by atoms with van der Waals surface area (Å²) >= 11 is 0. The van der Waals surface area contributed by atoms with Crippen LogP contribution in [0.3, 0.4) is 0 Å². The number of fused-ring (bicyclic) bond motifs is 5. The molecule has 0 bridgehead atoms. The first-order valence-electron chi connectivity index (χ1n) is 11.0. The van der Waals surface area contributed by atoms with Crippen molar-refractivity contribution in [3.05, 3.63) is 0 Å². The zero-order valence-electron chi connectivity index (χ0n) is 16.8. The minimum atomic E-state index is -0.426. The maximum Gasteiger partial charge on any atom is 0.136 e. The van der Waals surface area contributed by atoms with Crippen LogP contribution in [0.1, 0.15) is 91.9 Å². The first-order chi connectivity index (χ1) is 11.7. The van der Waals surface area contributed by atoms with Gasteiger partial charge in [0, 0.05) is 12.3 Å². The zero-order valence-corrected chi connectivity index (χ0v) is 16.8. The summed E-state index contributed by atoms with van der Waals surface area (Å²) < 4.78 is 0. The Bertz CT molecular complexity index is 556. The van der Waals surface area contributed by atoms with E-state index in [4.69, 9.17) is 0 Å². The largest absolute Gasteiger partial charge is 0.389 e. The van der Waals surface area contributed by atoms with Crippen molar-refractivity contribution in [1.29, 1.82) is 0 Å². The second-order valence-corrected chi connectivity index (χ2v) is 10.7. The van der Waals surface area contributed by atoms with Gasteiger partial charge in [-0.25, -0.2) is 0 Å². The van der Waals surface area contributed by atoms with Crippen molar-refractivity contribution >= 4 is 5.78 Å². The van der Waals surface area contributed by atoms with E-state index in [9.17, 15) is 9.90 Å². The van der Waals surface area contributed by atoms with E-state index in [-0.39, 0.29) is 11.3 Å². The molecule has 0 amide bonds. The van der Waals surface area contributed by atoms with Gasteiger partial charge in [-0.1, -0.05) is 34.1 Å². The van der Waals surface area contributed by atoms with E-state index < -0.39 is 5.60 Å². The van der Waals surface area contributed by atoms with Gasteiger partial charge in [0.2, 0.25) is 0 Å². The molecule has 0 radical (unpaired) electrons. The molecule has 2 nitrogen and oxygen atoms in total. The average Bonchev–Trinajstić information content (AvgIpc) is 2.81. The predicted molar refractivity (Wildman–Crippen MR) is 101 cm³/mol. The van der Waals surface area contributed by atoms with Gasteiger partial charge in [-0.15, -0.1) is 0 Å². The van der Waals surface area contributed by atoms with Crippen LogP contribution in [0.5, 0.6) is 0 Å². The van der Waals surface area contributed by atoms with E-state index in [1.165, 1.54) is 32.1 Å². The lowest BCUT2D eigenvalue weighted by molar-refractivity contribution is -0.162. The summed E-state index contributed by atoms with van der Waals surface area (Å²) in [6.07, 6.45) is 11.3. The molecular weight excluding hydrogens is 308 g/mol. The number of hydrogen-bond acceptors (Lipinski definition) is 2. The highest BCUT2D eigenvalue weighted by Gasteiger charge is 2.64.